The van der Waals surface area contributed by atoms with E-state index in [1.54, 1.807) is 31.2 Å². The standard InChI is InChI=1S/C15H20ClN3O2.C3H5NO2S.C3H6/c1-15(2,3)21-14(20)7-12(9-18)19-11-5-4-10(8-17)13(16)6-11;1-3(7)2-4(5)6;1-3-2/h4-6,12,19H,7,9,18H2,1-3H3;2,7H,1H3;3H,1H2,2H3/b;3-2+;. The lowest BCUT2D eigenvalue weighted by Crippen LogP contribution is -2.34. The monoisotopic (exact) mass is 470 g/mol. The number of nitrogens with two attached hydrogens (primary N) is 1. The third-order valence-corrected chi connectivity index (χ3v) is 3.30. The zero-order valence-corrected chi connectivity index (χ0v) is 20.2. The number of rotatable bonds is 6. The van der Waals surface area contributed by atoms with Crippen LogP contribution in [0, 0.1) is 21.4 Å². The minimum Gasteiger partial charge on any atom is -0.460 e. The van der Waals surface area contributed by atoms with Crippen LogP contribution >= 0.6 is 24.2 Å². The molecular formula is C21H31ClN4O4S. The molecule has 0 aliphatic carbocycles. The molecule has 10 heteroatoms. The molecule has 1 aromatic carbocycles. The number of halogens is 1. The van der Waals surface area contributed by atoms with Crippen LogP contribution in [-0.4, -0.2) is 29.1 Å². The van der Waals surface area contributed by atoms with E-state index < -0.39 is 10.5 Å². The molecule has 3 N–H and O–H groups in total. The number of carbonyl (C=O) groups excluding carboxylic acids is 1. The Balaban J connectivity index is 0. The Morgan fingerprint density at radius 2 is 2.06 bits per heavy atom. The second-order valence-corrected chi connectivity index (χ2v) is 8.25. The van der Waals surface area contributed by atoms with E-state index in [2.05, 4.69) is 24.5 Å². The summed E-state index contributed by atoms with van der Waals surface area (Å²) >= 11 is 9.62. The van der Waals surface area contributed by atoms with Crippen molar-refractivity contribution in [2.75, 3.05) is 11.9 Å². The van der Waals surface area contributed by atoms with Crippen LogP contribution in [0.15, 0.2) is 42.0 Å². The third-order valence-electron chi connectivity index (χ3n) is 2.87. The Bertz CT molecular complexity index is 798. The first-order chi connectivity index (χ1) is 14.3. The van der Waals surface area contributed by atoms with Crippen molar-refractivity contribution in [3.8, 4) is 6.07 Å². The molecule has 1 aromatic rings. The molecule has 0 aromatic heterocycles. The van der Waals surface area contributed by atoms with Crippen molar-refractivity contribution in [3.63, 3.8) is 0 Å². The van der Waals surface area contributed by atoms with Crippen molar-refractivity contribution in [2.45, 2.75) is 52.7 Å². The topological polar surface area (TPSA) is 131 Å². The molecule has 0 bridgehead atoms. The van der Waals surface area contributed by atoms with Gasteiger partial charge in [0.25, 0.3) is 0 Å². The summed E-state index contributed by atoms with van der Waals surface area (Å²) in [7, 11) is 0. The summed E-state index contributed by atoms with van der Waals surface area (Å²) < 4.78 is 5.26. The number of allylic oxidation sites excluding steroid dienone is 2. The van der Waals surface area contributed by atoms with Crippen LogP contribution in [0.3, 0.4) is 0 Å². The largest absolute Gasteiger partial charge is 0.460 e. The highest BCUT2D eigenvalue weighted by atomic mass is 35.5. The van der Waals surface area contributed by atoms with Crippen molar-refractivity contribution in [1.29, 1.82) is 5.26 Å². The number of carbonyl (C=O) groups is 1. The molecule has 172 valence electrons. The van der Waals surface area contributed by atoms with Crippen molar-refractivity contribution >= 4 is 35.9 Å². The Kier molecular flexibility index (Phi) is 16.0. The maximum absolute atomic E-state index is 11.8. The van der Waals surface area contributed by atoms with Crippen molar-refractivity contribution in [2.24, 2.45) is 5.73 Å². The lowest BCUT2D eigenvalue weighted by Gasteiger charge is -2.22. The molecule has 1 atom stereocenters. The molecule has 31 heavy (non-hydrogen) atoms. The number of nitro groups is 1. The number of nitriles is 1. The number of benzene rings is 1. The van der Waals surface area contributed by atoms with Gasteiger partial charge in [0, 0.05) is 23.2 Å². The summed E-state index contributed by atoms with van der Waals surface area (Å²) in [6.45, 7) is 12.5. The van der Waals surface area contributed by atoms with E-state index in [4.69, 9.17) is 27.3 Å². The molecule has 0 radical (unpaired) electrons. The van der Waals surface area contributed by atoms with Gasteiger partial charge in [-0.2, -0.15) is 5.26 Å². The fourth-order valence-electron chi connectivity index (χ4n) is 1.86. The smallest absolute Gasteiger partial charge is 0.308 e. The second-order valence-electron chi connectivity index (χ2n) is 7.14. The maximum Gasteiger partial charge on any atom is 0.308 e. The molecule has 1 rings (SSSR count). The number of nitrogens with zero attached hydrogens (tertiary/aromatic N) is 2. The normalized spacial score (nSPS) is 11.4. The zero-order valence-electron chi connectivity index (χ0n) is 18.5. The molecule has 0 spiro atoms. The highest BCUT2D eigenvalue weighted by molar-refractivity contribution is 7.84. The van der Waals surface area contributed by atoms with Gasteiger partial charge in [-0.15, -0.1) is 19.2 Å². The Morgan fingerprint density at radius 3 is 2.39 bits per heavy atom. The minimum absolute atomic E-state index is 0.158. The highest BCUT2D eigenvalue weighted by Gasteiger charge is 2.20. The third kappa shape index (κ3) is 18.0. The Labute approximate surface area is 194 Å². The quantitative estimate of drug-likeness (QED) is 0.176. The van der Waals surface area contributed by atoms with Crippen LogP contribution in [0.25, 0.3) is 0 Å². The summed E-state index contributed by atoms with van der Waals surface area (Å²) in [5, 5.41) is 21.8. The van der Waals surface area contributed by atoms with Gasteiger partial charge in [-0.1, -0.05) is 17.7 Å². The molecule has 0 heterocycles. The van der Waals surface area contributed by atoms with Crippen LogP contribution in [0.2, 0.25) is 5.02 Å². The predicted molar refractivity (Wildman–Crippen MR) is 129 cm³/mol. The number of nitrogens with one attached hydrogen (secondary N) is 1. The van der Waals surface area contributed by atoms with Gasteiger partial charge in [-0.05, 0) is 52.8 Å². The highest BCUT2D eigenvalue weighted by Crippen LogP contribution is 2.21. The average Bonchev–Trinajstić information content (AvgIpc) is 2.59. The molecule has 1 unspecified atom stereocenters. The van der Waals surface area contributed by atoms with E-state index in [-0.39, 0.29) is 25.0 Å². The van der Waals surface area contributed by atoms with E-state index in [1.165, 1.54) is 0 Å². The molecule has 0 saturated heterocycles. The van der Waals surface area contributed by atoms with Crippen molar-refractivity contribution in [3.05, 3.63) is 62.7 Å². The van der Waals surface area contributed by atoms with E-state index in [0.29, 0.717) is 21.2 Å². The lowest BCUT2D eigenvalue weighted by molar-refractivity contribution is -0.402. The van der Waals surface area contributed by atoms with Crippen LogP contribution < -0.4 is 11.1 Å². The molecular weight excluding hydrogens is 440 g/mol. The summed E-state index contributed by atoms with van der Waals surface area (Å²) in [4.78, 5) is 21.2. The number of hydrogen-bond acceptors (Lipinski definition) is 8. The summed E-state index contributed by atoms with van der Waals surface area (Å²) in [5.41, 5.74) is 6.26. The summed E-state index contributed by atoms with van der Waals surface area (Å²) in [5.74, 6) is -0.315. The van der Waals surface area contributed by atoms with Gasteiger partial charge >= 0.3 is 5.97 Å². The Hall–Kier alpha value is -2.54. The first-order valence-corrected chi connectivity index (χ1v) is 10.1. The van der Waals surface area contributed by atoms with Crippen LogP contribution in [0.5, 0.6) is 0 Å². The maximum atomic E-state index is 11.8. The van der Waals surface area contributed by atoms with E-state index >= 15 is 0 Å². The molecule has 0 fully saturated rings. The average molecular weight is 471 g/mol. The zero-order chi connectivity index (χ0) is 24.6. The SMILES string of the molecule is C/C(S)=C\[N+](=O)[O-].C=CC.CC(C)(C)OC(=O)CC(CN)Nc1ccc(C#N)c(Cl)c1. The van der Waals surface area contributed by atoms with Gasteiger partial charge in [-0.3, -0.25) is 14.9 Å². The fraction of sp³-hybridized carbons (Fsp3) is 0.429. The van der Waals surface area contributed by atoms with E-state index in [1.807, 2.05) is 33.8 Å². The number of hydrogen-bond donors (Lipinski definition) is 3. The second kappa shape index (κ2) is 16.2. The predicted octanol–water partition coefficient (Wildman–Crippen LogP) is 4.93. The van der Waals surface area contributed by atoms with Crippen molar-refractivity contribution in [1.82, 2.24) is 0 Å². The molecule has 0 amide bonds. The van der Waals surface area contributed by atoms with Gasteiger partial charge in [-0.25, -0.2) is 0 Å². The molecule has 8 nitrogen and oxygen atoms in total. The molecule has 0 saturated carbocycles. The fourth-order valence-corrected chi connectivity index (χ4v) is 2.18. The van der Waals surface area contributed by atoms with Gasteiger partial charge in [0.15, 0.2) is 0 Å². The van der Waals surface area contributed by atoms with Crippen LogP contribution in [0.1, 0.15) is 46.6 Å². The van der Waals surface area contributed by atoms with Crippen LogP contribution in [0.4, 0.5) is 5.69 Å². The number of ether oxygens (including phenoxy) is 1. The summed E-state index contributed by atoms with van der Waals surface area (Å²) in [6, 6.07) is 6.71. The first kappa shape index (κ1) is 30.7. The number of anilines is 1. The number of esters is 1. The van der Waals surface area contributed by atoms with E-state index in [0.717, 1.165) is 6.20 Å². The van der Waals surface area contributed by atoms with E-state index in [9.17, 15) is 14.9 Å². The Morgan fingerprint density at radius 1 is 1.52 bits per heavy atom. The van der Waals surface area contributed by atoms with Crippen molar-refractivity contribution < 1.29 is 14.5 Å². The van der Waals surface area contributed by atoms with Gasteiger partial charge in [0.05, 0.1) is 21.9 Å². The minimum atomic E-state index is -0.539. The van der Waals surface area contributed by atoms with Crippen LogP contribution in [-0.2, 0) is 9.53 Å². The molecule has 0 aliphatic heterocycles. The van der Waals surface area contributed by atoms with Gasteiger partial charge in [0.1, 0.15) is 11.7 Å². The first-order valence-electron chi connectivity index (χ1n) is 9.25. The molecule has 0 aliphatic rings. The van der Waals surface area contributed by atoms with Gasteiger partial charge < -0.3 is 15.8 Å². The van der Waals surface area contributed by atoms with Gasteiger partial charge in [0.2, 0.25) is 6.20 Å². The summed E-state index contributed by atoms with van der Waals surface area (Å²) in [6.07, 6.45) is 2.74. The number of thiol groups is 1. The lowest BCUT2D eigenvalue weighted by atomic mass is 10.1.